The maximum absolute atomic E-state index is 13.1. The lowest BCUT2D eigenvalue weighted by Crippen LogP contribution is -2.17. The van der Waals surface area contributed by atoms with Crippen LogP contribution < -0.4 is 10.9 Å². The predicted molar refractivity (Wildman–Crippen MR) is 104 cm³/mol. The van der Waals surface area contributed by atoms with E-state index in [1.54, 1.807) is 4.57 Å². The summed E-state index contributed by atoms with van der Waals surface area (Å²) in [4.78, 5) is 13.1. The normalized spacial score (nSPS) is 13.6. The van der Waals surface area contributed by atoms with Gasteiger partial charge in [0.05, 0.1) is 16.6 Å². The summed E-state index contributed by atoms with van der Waals surface area (Å²) in [5.41, 5.74) is 3.34. The number of benzene rings is 2. The largest absolute Gasteiger partial charge is 0.368 e. The summed E-state index contributed by atoms with van der Waals surface area (Å²) >= 11 is 0. The van der Waals surface area contributed by atoms with Gasteiger partial charge in [0.2, 0.25) is 0 Å². The van der Waals surface area contributed by atoms with Gasteiger partial charge in [0, 0.05) is 31.0 Å². The van der Waals surface area contributed by atoms with E-state index in [9.17, 15) is 4.79 Å². The fourth-order valence-corrected chi connectivity index (χ4v) is 3.74. The molecule has 4 aromatic rings. The van der Waals surface area contributed by atoms with E-state index >= 15 is 0 Å². The third-order valence-electron chi connectivity index (χ3n) is 4.93. The van der Waals surface area contributed by atoms with Gasteiger partial charge in [-0.1, -0.05) is 36.4 Å². The molecule has 5 rings (SSSR count). The summed E-state index contributed by atoms with van der Waals surface area (Å²) < 4.78 is 3.81. The quantitative estimate of drug-likeness (QED) is 0.551. The summed E-state index contributed by atoms with van der Waals surface area (Å²) in [7, 11) is 1.97. The lowest BCUT2D eigenvalue weighted by molar-refractivity contribution is 0.779. The van der Waals surface area contributed by atoms with Gasteiger partial charge < -0.3 is 9.88 Å². The van der Waals surface area contributed by atoms with E-state index in [1.165, 1.54) is 0 Å². The molecule has 2 aromatic heterocycles. The van der Waals surface area contributed by atoms with E-state index in [2.05, 4.69) is 15.5 Å². The zero-order valence-electron chi connectivity index (χ0n) is 14.3. The molecule has 3 heterocycles. The molecule has 0 saturated heterocycles. The Kier molecular flexibility index (Phi) is 3.18. The van der Waals surface area contributed by atoms with Crippen LogP contribution in [0.25, 0.3) is 21.8 Å². The second-order valence-electron chi connectivity index (χ2n) is 6.42. The number of aryl methyl sites for hydroxylation is 1. The van der Waals surface area contributed by atoms with Crippen LogP contribution in [0.2, 0.25) is 0 Å². The Labute approximate surface area is 149 Å². The predicted octanol–water partition coefficient (Wildman–Crippen LogP) is 4.33. The fourth-order valence-electron chi connectivity index (χ4n) is 3.74. The van der Waals surface area contributed by atoms with Gasteiger partial charge in [-0.05, 0) is 18.2 Å². The van der Waals surface area contributed by atoms with Crippen LogP contribution in [0.4, 0.5) is 17.2 Å². The SMILES string of the molecule is Cn1c2ccccc2c2c(=O)n3c(c(N=Nc4ccccc4)c21)NCC3. The van der Waals surface area contributed by atoms with E-state index in [-0.39, 0.29) is 5.56 Å². The Morgan fingerprint density at radius 2 is 1.77 bits per heavy atom. The zero-order valence-corrected chi connectivity index (χ0v) is 14.3. The van der Waals surface area contributed by atoms with Crippen molar-refractivity contribution in [1.82, 2.24) is 9.13 Å². The number of aromatic nitrogens is 2. The zero-order chi connectivity index (χ0) is 17.7. The number of rotatable bonds is 2. The van der Waals surface area contributed by atoms with Crippen molar-refractivity contribution in [2.24, 2.45) is 17.3 Å². The van der Waals surface area contributed by atoms with E-state index in [0.717, 1.165) is 34.5 Å². The molecule has 0 aliphatic carbocycles. The molecule has 0 unspecified atom stereocenters. The van der Waals surface area contributed by atoms with Crippen molar-refractivity contribution in [3.63, 3.8) is 0 Å². The van der Waals surface area contributed by atoms with Crippen molar-refractivity contribution in [2.75, 3.05) is 11.9 Å². The maximum Gasteiger partial charge on any atom is 0.262 e. The minimum absolute atomic E-state index is 0.0236. The smallest absolute Gasteiger partial charge is 0.262 e. The Bertz CT molecular complexity index is 1230. The lowest BCUT2D eigenvalue weighted by Gasteiger charge is -2.09. The second kappa shape index (κ2) is 5.56. The molecular weight excluding hydrogens is 326 g/mol. The van der Waals surface area contributed by atoms with Crippen molar-refractivity contribution in [1.29, 1.82) is 0 Å². The van der Waals surface area contributed by atoms with Crippen molar-refractivity contribution in [3.05, 3.63) is 65.0 Å². The van der Waals surface area contributed by atoms with Crippen LogP contribution in [0.15, 0.2) is 69.6 Å². The van der Waals surface area contributed by atoms with Gasteiger partial charge in [-0.3, -0.25) is 9.36 Å². The number of hydrogen-bond donors (Lipinski definition) is 1. The highest BCUT2D eigenvalue weighted by Crippen LogP contribution is 2.39. The van der Waals surface area contributed by atoms with E-state index in [4.69, 9.17) is 0 Å². The molecule has 26 heavy (non-hydrogen) atoms. The molecule has 1 aliphatic rings. The number of para-hydroxylation sites is 1. The first-order chi connectivity index (χ1) is 12.8. The molecule has 0 radical (unpaired) electrons. The Morgan fingerprint density at radius 3 is 2.62 bits per heavy atom. The number of nitrogens with one attached hydrogen (secondary N) is 1. The van der Waals surface area contributed by atoms with Crippen LogP contribution in [-0.4, -0.2) is 15.7 Å². The Balaban J connectivity index is 1.89. The molecule has 128 valence electrons. The third kappa shape index (κ3) is 2.02. The van der Waals surface area contributed by atoms with Crippen LogP contribution in [0.1, 0.15) is 0 Å². The number of fused-ring (bicyclic) bond motifs is 4. The van der Waals surface area contributed by atoms with Crippen LogP contribution in [0.3, 0.4) is 0 Å². The average molecular weight is 343 g/mol. The molecule has 1 N–H and O–H groups in total. The van der Waals surface area contributed by atoms with Crippen molar-refractivity contribution in [3.8, 4) is 0 Å². The van der Waals surface area contributed by atoms with Gasteiger partial charge in [-0.25, -0.2) is 0 Å². The summed E-state index contributed by atoms with van der Waals surface area (Å²) in [5, 5.41) is 13.9. The highest BCUT2D eigenvalue weighted by Gasteiger charge is 2.24. The van der Waals surface area contributed by atoms with Gasteiger partial charge in [0.25, 0.3) is 5.56 Å². The first-order valence-electron chi connectivity index (χ1n) is 8.60. The Hall–Kier alpha value is -3.41. The molecule has 1 aliphatic heterocycles. The van der Waals surface area contributed by atoms with Crippen LogP contribution >= 0.6 is 0 Å². The maximum atomic E-state index is 13.1. The monoisotopic (exact) mass is 343 g/mol. The molecule has 0 saturated carbocycles. The van der Waals surface area contributed by atoms with Crippen LogP contribution in [0.5, 0.6) is 0 Å². The highest BCUT2D eigenvalue weighted by atomic mass is 16.1. The highest BCUT2D eigenvalue weighted by molar-refractivity contribution is 6.12. The fraction of sp³-hybridized carbons (Fsp3) is 0.150. The summed E-state index contributed by atoms with van der Waals surface area (Å²) in [6, 6.07) is 17.6. The van der Waals surface area contributed by atoms with E-state index in [1.807, 2.05) is 66.2 Å². The topological polar surface area (TPSA) is 63.7 Å². The molecule has 6 heteroatoms. The minimum atomic E-state index is 0.0236. The number of anilines is 1. The number of pyridine rings is 1. The van der Waals surface area contributed by atoms with Crippen molar-refractivity contribution >= 4 is 39.0 Å². The minimum Gasteiger partial charge on any atom is -0.368 e. The van der Waals surface area contributed by atoms with Crippen molar-refractivity contribution < 1.29 is 0 Å². The Morgan fingerprint density at radius 1 is 1.00 bits per heavy atom. The van der Waals surface area contributed by atoms with Crippen molar-refractivity contribution in [2.45, 2.75) is 6.54 Å². The number of hydrogen-bond acceptors (Lipinski definition) is 4. The van der Waals surface area contributed by atoms with Gasteiger partial charge in [0.15, 0.2) is 5.69 Å². The first kappa shape index (κ1) is 14.9. The molecule has 0 bridgehead atoms. The van der Waals surface area contributed by atoms with Gasteiger partial charge in [-0.2, -0.15) is 5.11 Å². The third-order valence-corrected chi connectivity index (χ3v) is 4.93. The standard InChI is InChI=1S/C20H17N5O/c1-24-15-10-6-5-9-14(15)16-18(24)17(19-21-11-12-25(19)20(16)26)23-22-13-7-3-2-4-8-13/h2-10,21H,11-12H2,1H3. The molecule has 0 spiro atoms. The summed E-state index contributed by atoms with van der Waals surface area (Å²) in [6.45, 7) is 1.36. The number of nitrogens with zero attached hydrogens (tertiary/aromatic N) is 4. The molecular formula is C20H17N5O. The van der Waals surface area contributed by atoms with E-state index in [0.29, 0.717) is 17.6 Å². The van der Waals surface area contributed by atoms with Gasteiger partial charge in [-0.15, -0.1) is 5.11 Å². The summed E-state index contributed by atoms with van der Waals surface area (Å²) in [5.74, 6) is 0.744. The number of azo groups is 1. The van der Waals surface area contributed by atoms with Gasteiger partial charge in [0.1, 0.15) is 5.82 Å². The molecule has 0 fully saturated rings. The van der Waals surface area contributed by atoms with E-state index < -0.39 is 0 Å². The lowest BCUT2D eigenvalue weighted by atomic mass is 10.2. The van der Waals surface area contributed by atoms with Crippen LogP contribution in [-0.2, 0) is 13.6 Å². The summed E-state index contributed by atoms with van der Waals surface area (Å²) in [6.07, 6.45) is 0. The molecule has 2 aromatic carbocycles. The van der Waals surface area contributed by atoms with Gasteiger partial charge >= 0.3 is 0 Å². The molecule has 0 amide bonds. The average Bonchev–Trinajstić information content (AvgIpc) is 3.27. The second-order valence-corrected chi connectivity index (χ2v) is 6.42. The molecule has 0 atom stereocenters. The molecule has 6 nitrogen and oxygen atoms in total. The van der Waals surface area contributed by atoms with Crippen LogP contribution in [0, 0.1) is 0 Å². The first-order valence-corrected chi connectivity index (χ1v) is 8.60.